The third kappa shape index (κ3) is 4.22. The van der Waals surface area contributed by atoms with Gasteiger partial charge in [-0.05, 0) is 38.6 Å². The molecule has 0 saturated heterocycles. The van der Waals surface area contributed by atoms with Crippen LogP contribution in [0.1, 0.15) is 29.2 Å². The highest BCUT2D eigenvalue weighted by Crippen LogP contribution is 2.32. The van der Waals surface area contributed by atoms with Crippen molar-refractivity contribution in [2.24, 2.45) is 0 Å². The first-order chi connectivity index (χ1) is 10.3. The molecule has 1 aromatic heterocycles. The molecule has 0 aliphatic heterocycles. The fourth-order valence-corrected chi connectivity index (χ4v) is 3.03. The van der Waals surface area contributed by atoms with Gasteiger partial charge in [0.25, 0.3) is 0 Å². The Morgan fingerprint density at radius 1 is 1.05 bits per heavy atom. The Balaban J connectivity index is 2.15. The van der Waals surface area contributed by atoms with E-state index >= 15 is 0 Å². The summed E-state index contributed by atoms with van der Waals surface area (Å²) in [6, 6.07) is 10.4. The zero-order valence-electron chi connectivity index (χ0n) is 12.9. The Hall–Kier alpha value is -1.52. The standard InChI is InChI=1S/C17H23NO2S/c1-4-14-9-10-15(21-14)12-20-17-13(11-18-3)7-6-8-16(17)19-5-2/h6-10,18H,4-5,11-12H2,1-3H3. The van der Waals surface area contributed by atoms with Crippen molar-refractivity contribution in [2.75, 3.05) is 13.7 Å². The van der Waals surface area contributed by atoms with Crippen LogP contribution in [0.4, 0.5) is 0 Å². The van der Waals surface area contributed by atoms with Crippen LogP contribution in [0.15, 0.2) is 30.3 Å². The summed E-state index contributed by atoms with van der Waals surface area (Å²) in [4.78, 5) is 2.63. The Morgan fingerprint density at radius 3 is 2.52 bits per heavy atom. The molecule has 0 fully saturated rings. The SMILES string of the molecule is CCOc1cccc(CNC)c1OCc1ccc(CC)s1. The maximum absolute atomic E-state index is 6.06. The molecular formula is C17H23NO2S. The first-order valence-electron chi connectivity index (χ1n) is 7.38. The molecule has 0 saturated carbocycles. The van der Waals surface area contributed by atoms with Gasteiger partial charge in [0.15, 0.2) is 11.5 Å². The smallest absolute Gasteiger partial charge is 0.166 e. The van der Waals surface area contributed by atoms with Crippen LogP contribution >= 0.6 is 11.3 Å². The lowest BCUT2D eigenvalue weighted by atomic mass is 10.2. The number of nitrogens with one attached hydrogen (secondary N) is 1. The van der Waals surface area contributed by atoms with E-state index in [1.54, 1.807) is 0 Å². The molecule has 1 aromatic carbocycles. The van der Waals surface area contributed by atoms with Crippen LogP contribution in [-0.4, -0.2) is 13.7 Å². The Bertz CT molecular complexity index is 541. The number of hydrogen-bond donors (Lipinski definition) is 1. The fourth-order valence-electron chi connectivity index (χ4n) is 2.16. The molecule has 0 aliphatic rings. The van der Waals surface area contributed by atoms with E-state index in [9.17, 15) is 0 Å². The number of ether oxygens (including phenoxy) is 2. The van der Waals surface area contributed by atoms with Crippen LogP contribution in [0.3, 0.4) is 0 Å². The van der Waals surface area contributed by atoms with Crippen molar-refractivity contribution in [1.29, 1.82) is 0 Å². The molecule has 0 amide bonds. The first-order valence-corrected chi connectivity index (χ1v) is 8.19. The second-order valence-electron chi connectivity index (χ2n) is 4.72. The Labute approximate surface area is 130 Å². The van der Waals surface area contributed by atoms with E-state index in [1.807, 2.05) is 37.4 Å². The molecule has 0 atom stereocenters. The van der Waals surface area contributed by atoms with E-state index in [0.29, 0.717) is 13.2 Å². The second-order valence-corrected chi connectivity index (χ2v) is 5.97. The summed E-state index contributed by atoms with van der Waals surface area (Å²) in [7, 11) is 1.93. The molecule has 4 heteroatoms. The topological polar surface area (TPSA) is 30.5 Å². The molecule has 2 aromatic rings. The summed E-state index contributed by atoms with van der Waals surface area (Å²) in [5.41, 5.74) is 1.12. The van der Waals surface area contributed by atoms with E-state index in [4.69, 9.17) is 9.47 Å². The van der Waals surface area contributed by atoms with Gasteiger partial charge < -0.3 is 14.8 Å². The number of rotatable bonds is 8. The van der Waals surface area contributed by atoms with Crippen molar-refractivity contribution >= 4 is 11.3 Å². The van der Waals surface area contributed by atoms with Gasteiger partial charge >= 0.3 is 0 Å². The molecule has 0 radical (unpaired) electrons. The normalized spacial score (nSPS) is 10.6. The average Bonchev–Trinajstić information content (AvgIpc) is 2.95. The van der Waals surface area contributed by atoms with Crippen molar-refractivity contribution in [3.63, 3.8) is 0 Å². The molecule has 0 bridgehead atoms. The quantitative estimate of drug-likeness (QED) is 0.799. The molecule has 0 aliphatic carbocycles. The molecular weight excluding hydrogens is 282 g/mol. The molecule has 114 valence electrons. The van der Waals surface area contributed by atoms with Crippen molar-refractivity contribution in [3.8, 4) is 11.5 Å². The second kappa shape index (κ2) is 8.05. The maximum atomic E-state index is 6.06. The van der Waals surface area contributed by atoms with E-state index in [0.717, 1.165) is 30.0 Å². The summed E-state index contributed by atoms with van der Waals surface area (Å²) in [5, 5.41) is 3.17. The molecule has 1 N–H and O–H groups in total. The van der Waals surface area contributed by atoms with Crippen LogP contribution in [0.5, 0.6) is 11.5 Å². The van der Waals surface area contributed by atoms with Gasteiger partial charge in [0.05, 0.1) is 6.61 Å². The minimum atomic E-state index is 0.589. The van der Waals surface area contributed by atoms with Gasteiger partial charge in [-0.3, -0.25) is 0 Å². The highest BCUT2D eigenvalue weighted by molar-refractivity contribution is 7.11. The number of hydrogen-bond acceptors (Lipinski definition) is 4. The fraction of sp³-hybridized carbons (Fsp3) is 0.412. The number of benzene rings is 1. The summed E-state index contributed by atoms with van der Waals surface area (Å²) < 4.78 is 11.8. The molecule has 0 spiro atoms. The summed E-state index contributed by atoms with van der Waals surface area (Å²) >= 11 is 1.81. The maximum Gasteiger partial charge on any atom is 0.166 e. The molecule has 3 nitrogen and oxygen atoms in total. The minimum Gasteiger partial charge on any atom is -0.490 e. The van der Waals surface area contributed by atoms with Gasteiger partial charge in [-0.1, -0.05) is 19.1 Å². The average molecular weight is 305 g/mol. The zero-order chi connectivity index (χ0) is 15.1. The molecule has 1 heterocycles. The molecule has 21 heavy (non-hydrogen) atoms. The molecule has 2 rings (SSSR count). The lowest BCUT2D eigenvalue weighted by Gasteiger charge is -2.15. The van der Waals surface area contributed by atoms with Crippen molar-refractivity contribution in [3.05, 3.63) is 45.6 Å². The van der Waals surface area contributed by atoms with Crippen molar-refractivity contribution < 1.29 is 9.47 Å². The Kier molecular flexibility index (Phi) is 6.08. The van der Waals surface area contributed by atoms with Crippen LogP contribution in [0.2, 0.25) is 0 Å². The van der Waals surface area contributed by atoms with Crippen LogP contribution < -0.4 is 14.8 Å². The van der Waals surface area contributed by atoms with Gasteiger partial charge in [0.1, 0.15) is 6.61 Å². The van der Waals surface area contributed by atoms with E-state index in [-0.39, 0.29) is 0 Å². The third-order valence-corrected chi connectivity index (χ3v) is 4.36. The lowest BCUT2D eigenvalue weighted by molar-refractivity contribution is 0.268. The van der Waals surface area contributed by atoms with Gasteiger partial charge in [0, 0.05) is 21.9 Å². The van der Waals surface area contributed by atoms with Gasteiger partial charge in [-0.25, -0.2) is 0 Å². The predicted octanol–water partition coefficient (Wildman–Crippen LogP) is 4.01. The van der Waals surface area contributed by atoms with Gasteiger partial charge in [0.2, 0.25) is 0 Å². The third-order valence-electron chi connectivity index (χ3n) is 3.15. The predicted molar refractivity (Wildman–Crippen MR) is 88.4 cm³/mol. The minimum absolute atomic E-state index is 0.589. The highest BCUT2D eigenvalue weighted by atomic mass is 32.1. The van der Waals surface area contributed by atoms with Crippen LogP contribution in [0.25, 0.3) is 0 Å². The lowest BCUT2D eigenvalue weighted by Crippen LogP contribution is -2.08. The number of thiophene rings is 1. The largest absolute Gasteiger partial charge is 0.490 e. The highest BCUT2D eigenvalue weighted by Gasteiger charge is 2.11. The van der Waals surface area contributed by atoms with Gasteiger partial charge in [-0.15, -0.1) is 11.3 Å². The summed E-state index contributed by atoms with van der Waals surface area (Å²) in [6.45, 7) is 6.15. The monoisotopic (exact) mass is 305 g/mol. The van der Waals surface area contributed by atoms with Crippen LogP contribution in [0, 0.1) is 0 Å². The zero-order valence-corrected chi connectivity index (χ0v) is 13.8. The first kappa shape index (κ1) is 15.9. The van der Waals surface area contributed by atoms with E-state index in [1.165, 1.54) is 9.75 Å². The molecule has 0 unspecified atom stereocenters. The van der Waals surface area contributed by atoms with E-state index in [2.05, 4.69) is 30.4 Å². The summed E-state index contributed by atoms with van der Waals surface area (Å²) in [6.07, 6.45) is 1.07. The van der Waals surface area contributed by atoms with Crippen LogP contribution in [-0.2, 0) is 19.6 Å². The summed E-state index contributed by atoms with van der Waals surface area (Å²) in [5.74, 6) is 1.66. The number of aryl methyl sites for hydroxylation is 1. The van der Waals surface area contributed by atoms with Gasteiger partial charge in [-0.2, -0.15) is 0 Å². The van der Waals surface area contributed by atoms with E-state index < -0.39 is 0 Å². The van der Waals surface area contributed by atoms with Crippen molar-refractivity contribution in [1.82, 2.24) is 5.32 Å². The number of para-hydroxylation sites is 1. The van der Waals surface area contributed by atoms with Crippen molar-refractivity contribution in [2.45, 2.75) is 33.4 Å². The Morgan fingerprint density at radius 2 is 1.86 bits per heavy atom.